The number of benzene rings is 1. The largest absolute Gasteiger partial charge is 0.465 e. The summed E-state index contributed by atoms with van der Waals surface area (Å²) in [6.45, 7) is 3.61. The van der Waals surface area contributed by atoms with Crippen molar-refractivity contribution >= 4 is 12.0 Å². The van der Waals surface area contributed by atoms with Crippen molar-refractivity contribution < 1.29 is 9.53 Å². The summed E-state index contributed by atoms with van der Waals surface area (Å²) < 4.78 is 4.56. The van der Waals surface area contributed by atoms with Crippen LogP contribution in [-0.2, 0) is 4.74 Å². The Hall–Kier alpha value is -1.57. The number of ether oxygens (including phenoxy) is 1. The molecule has 0 amide bonds. The molecule has 2 heteroatoms. The zero-order valence-corrected chi connectivity index (χ0v) is 6.91. The van der Waals surface area contributed by atoms with Gasteiger partial charge in [-0.15, -0.1) is 0 Å². The van der Waals surface area contributed by atoms with E-state index in [1.807, 2.05) is 6.07 Å². The number of esters is 1. The average Bonchev–Trinajstić information content (AvgIpc) is 2.17. The van der Waals surface area contributed by atoms with Gasteiger partial charge in [0.05, 0.1) is 12.7 Å². The average molecular weight is 162 g/mol. The summed E-state index contributed by atoms with van der Waals surface area (Å²) in [7, 11) is 1.36. The topological polar surface area (TPSA) is 26.3 Å². The first kappa shape index (κ1) is 8.53. The van der Waals surface area contributed by atoms with Crippen molar-refractivity contribution in [3.8, 4) is 0 Å². The zero-order chi connectivity index (χ0) is 8.97. The van der Waals surface area contributed by atoms with Crippen molar-refractivity contribution in [1.82, 2.24) is 0 Å². The van der Waals surface area contributed by atoms with Crippen molar-refractivity contribution in [2.75, 3.05) is 7.11 Å². The van der Waals surface area contributed by atoms with Crippen LogP contribution >= 0.6 is 0 Å². The molecule has 0 fully saturated rings. The summed E-state index contributed by atoms with van der Waals surface area (Å²) in [5, 5.41) is 0. The van der Waals surface area contributed by atoms with Crippen molar-refractivity contribution in [3.05, 3.63) is 42.0 Å². The molecule has 0 aromatic heterocycles. The van der Waals surface area contributed by atoms with Crippen LogP contribution in [0.2, 0.25) is 0 Å². The molecule has 12 heavy (non-hydrogen) atoms. The highest BCUT2D eigenvalue weighted by atomic mass is 16.5. The van der Waals surface area contributed by atoms with Crippen molar-refractivity contribution in [3.63, 3.8) is 0 Å². The third-order valence-electron chi connectivity index (χ3n) is 1.54. The highest BCUT2D eigenvalue weighted by molar-refractivity contribution is 5.89. The quantitative estimate of drug-likeness (QED) is 0.622. The summed E-state index contributed by atoms with van der Waals surface area (Å²) in [6.07, 6.45) is 1.69. The van der Waals surface area contributed by atoms with E-state index in [2.05, 4.69) is 11.3 Å². The maximum Gasteiger partial charge on any atom is 0.337 e. The van der Waals surface area contributed by atoms with Gasteiger partial charge in [-0.25, -0.2) is 4.79 Å². The zero-order valence-electron chi connectivity index (χ0n) is 6.91. The second-order valence-electron chi connectivity index (χ2n) is 2.32. The fourth-order valence-electron chi connectivity index (χ4n) is 0.910. The third kappa shape index (κ3) is 1.72. The van der Waals surface area contributed by atoms with Gasteiger partial charge in [-0.1, -0.05) is 24.8 Å². The van der Waals surface area contributed by atoms with Gasteiger partial charge >= 0.3 is 5.97 Å². The van der Waals surface area contributed by atoms with E-state index in [-0.39, 0.29) is 5.97 Å². The smallest absolute Gasteiger partial charge is 0.337 e. The maximum atomic E-state index is 11.0. The molecule has 0 saturated carbocycles. The van der Waals surface area contributed by atoms with Gasteiger partial charge in [-0.05, 0) is 17.7 Å². The fourth-order valence-corrected chi connectivity index (χ4v) is 0.910. The van der Waals surface area contributed by atoms with E-state index in [1.165, 1.54) is 7.11 Å². The third-order valence-corrected chi connectivity index (χ3v) is 1.54. The Labute approximate surface area is 71.5 Å². The minimum Gasteiger partial charge on any atom is -0.465 e. The van der Waals surface area contributed by atoms with Crippen LogP contribution in [0, 0.1) is 0 Å². The highest BCUT2D eigenvalue weighted by Gasteiger charge is 2.03. The Balaban J connectivity index is 3.01. The Bertz CT molecular complexity index is 302. The molecule has 0 saturated heterocycles. The van der Waals surface area contributed by atoms with Gasteiger partial charge in [0.15, 0.2) is 0 Å². The van der Waals surface area contributed by atoms with E-state index in [0.717, 1.165) is 5.56 Å². The van der Waals surface area contributed by atoms with Gasteiger partial charge in [0.25, 0.3) is 0 Å². The highest BCUT2D eigenvalue weighted by Crippen LogP contribution is 2.06. The lowest BCUT2D eigenvalue weighted by atomic mass is 10.1. The van der Waals surface area contributed by atoms with Crippen LogP contribution in [0.25, 0.3) is 6.08 Å². The lowest BCUT2D eigenvalue weighted by Gasteiger charge is -1.99. The molecular formula is C10H10O2. The molecule has 0 unspecified atom stereocenters. The predicted molar refractivity (Wildman–Crippen MR) is 47.9 cm³/mol. The predicted octanol–water partition coefficient (Wildman–Crippen LogP) is 2.12. The maximum absolute atomic E-state index is 11.0. The van der Waals surface area contributed by atoms with E-state index < -0.39 is 0 Å². The molecule has 0 aliphatic rings. The Morgan fingerprint density at radius 1 is 1.58 bits per heavy atom. The molecule has 0 bridgehead atoms. The summed E-state index contributed by atoms with van der Waals surface area (Å²) in [4.78, 5) is 11.0. The first-order chi connectivity index (χ1) is 5.77. The summed E-state index contributed by atoms with van der Waals surface area (Å²) in [5.74, 6) is -0.321. The minimum atomic E-state index is -0.321. The molecule has 0 aliphatic heterocycles. The molecule has 1 rings (SSSR count). The van der Waals surface area contributed by atoms with Gasteiger partial charge in [-0.3, -0.25) is 0 Å². The van der Waals surface area contributed by atoms with Crippen molar-refractivity contribution in [1.29, 1.82) is 0 Å². The number of hydrogen-bond acceptors (Lipinski definition) is 2. The number of carbonyl (C=O) groups is 1. The van der Waals surface area contributed by atoms with Gasteiger partial charge in [0.2, 0.25) is 0 Å². The van der Waals surface area contributed by atoms with Gasteiger partial charge < -0.3 is 4.74 Å². The van der Waals surface area contributed by atoms with Crippen molar-refractivity contribution in [2.24, 2.45) is 0 Å². The summed E-state index contributed by atoms with van der Waals surface area (Å²) in [5.41, 5.74) is 1.47. The van der Waals surface area contributed by atoms with Crippen LogP contribution in [0.4, 0.5) is 0 Å². The molecule has 1 aromatic carbocycles. The molecule has 0 heterocycles. The fraction of sp³-hybridized carbons (Fsp3) is 0.100. The lowest BCUT2D eigenvalue weighted by molar-refractivity contribution is 0.0600. The van der Waals surface area contributed by atoms with Crippen LogP contribution in [0.1, 0.15) is 15.9 Å². The minimum absolute atomic E-state index is 0.321. The first-order valence-electron chi connectivity index (χ1n) is 3.58. The molecular weight excluding hydrogens is 152 g/mol. The van der Waals surface area contributed by atoms with Crippen LogP contribution in [-0.4, -0.2) is 13.1 Å². The Kier molecular flexibility index (Phi) is 2.64. The number of rotatable bonds is 2. The Morgan fingerprint density at radius 3 is 2.92 bits per heavy atom. The standard InChI is InChI=1S/C10H10O2/c1-3-8-5-4-6-9(7-8)10(11)12-2/h3-7H,1H2,2H3. The SMILES string of the molecule is C=Cc1cccc(C(=O)OC)c1. The molecule has 0 spiro atoms. The van der Waals surface area contributed by atoms with E-state index in [1.54, 1.807) is 24.3 Å². The van der Waals surface area contributed by atoms with E-state index >= 15 is 0 Å². The normalized spacial score (nSPS) is 9.08. The summed E-state index contributed by atoms with van der Waals surface area (Å²) in [6, 6.07) is 7.11. The molecule has 0 radical (unpaired) electrons. The van der Waals surface area contributed by atoms with Gasteiger partial charge in [0, 0.05) is 0 Å². The van der Waals surface area contributed by atoms with E-state index in [9.17, 15) is 4.79 Å². The van der Waals surface area contributed by atoms with E-state index in [4.69, 9.17) is 0 Å². The van der Waals surface area contributed by atoms with Crippen LogP contribution < -0.4 is 0 Å². The monoisotopic (exact) mass is 162 g/mol. The first-order valence-corrected chi connectivity index (χ1v) is 3.58. The van der Waals surface area contributed by atoms with Gasteiger partial charge in [-0.2, -0.15) is 0 Å². The molecule has 2 nitrogen and oxygen atoms in total. The van der Waals surface area contributed by atoms with E-state index in [0.29, 0.717) is 5.56 Å². The molecule has 0 aliphatic carbocycles. The van der Waals surface area contributed by atoms with Crippen LogP contribution in [0.15, 0.2) is 30.8 Å². The molecule has 62 valence electrons. The summed E-state index contributed by atoms with van der Waals surface area (Å²) >= 11 is 0. The Morgan fingerprint density at radius 2 is 2.33 bits per heavy atom. The number of methoxy groups -OCH3 is 1. The number of carbonyl (C=O) groups excluding carboxylic acids is 1. The van der Waals surface area contributed by atoms with Crippen molar-refractivity contribution in [2.45, 2.75) is 0 Å². The van der Waals surface area contributed by atoms with Crippen LogP contribution in [0.5, 0.6) is 0 Å². The molecule has 0 atom stereocenters. The lowest BCUT2D eigenvalue weighted by Crippen LogP contribution is -2.00. The second kappa shape index (κ2) is 3.72. The van der Waals surface area contributed by atoms with Gasteiger partial charge in [0.1, 0.15) is 0 Å². The molecule has 1 aromatic rings. The molecule has 0 N–H and O–H groups in total. The number of hydrogen-bond donors (Lipinski definition) is 0. The second-order valence-corrected chi connectivity index (χ2v) is 2.32. The van der Waals surface area contributed by atoms with Crippen LogP contribution in [0.3, 0.4) is 0 Å².